The van der Waals surface area contributed by atoms with Crippen LogP contribution in [0.15, 0.2) is 34.1 Å². The molecule has 3 nitrogen and oxygen atoms in total. The zero-order chi connectivity index (χ0) is 12.4. The maximum absolute atomic E-state index is 8.90. The molecule has 0 amide bonds. The summed E-state index contributed by atoms with van der Waals surface area (Å²) in [6, 6.07) is 11.4. The summed E-state index contributed by atoms with van der Waals surface area (Å²) in [6.07, 6.45) is 0. The normalized spacial score (nSPS) is 9.94. The van der Waals surface area contributed by atoms with Crippen LogP contribution >= 0.6 is 27.3 Å². The number of nitriles is 1. The third-order valence-corrected chi connectivity index (χ3v) is 4.11. The fraction of sp³-hybridized carbons (Fsp3) is 0.0833. The van der Waals surface area contributed by atoms with Crippen LogP contribution in [0.2, 0.25) is 0 Å². The van der Waals surface area contributed by atoms with Gasteiger partial charge in [0.15, 0.2) is 0 Å². The van der Waals surface area contributed by atoms with E-state index in [4.69, 9.17) is 11.0 Å². The van der Waals surface area contributed by atoms with Crippen LogP contribution in [0, 0.1) is 11.3 Å². The van der Waals surface area contributed by atoms with Gasteiger partial charge in [0.2, 0.25) is 0 Å². The molecule has 17 heavy (non-hydrogen) atoms. The zero-order valence-electron chi connectivity index (χ0n) is 9.14. The molecule has 0 fully saturated rings. The van der Waals surface area contributed by atoms with E-state index in [1.165, 1.54) is 0 Å². The predicted octanol–water partition coefficient (Wildman–Crippen LogP) is 3.73. The fourth-order valence-corrected chi connectivity index (χ4v) is 2.84. The van der Waals surface area contributed by atoms with E-state index in [1.54, 1.807) is 29.5 Å². The Morgan fingerprint density at radius 3 is 2.71 bits per heavy atom. The first-order valence-corrected chi connectivity index (χ1v) is 6.51. The van der Waals surface area contributed by atoms with Crippen molar-refractivity contribution in [1.82, 2.24) is 0 Å². The third kappa shape index (κ3) is 2.43. The van der Waals surface area contributed by atoms with E-state index in [2.05, 4.69) is 22.0 Å². The van der Waals surface area contributed by atoms with Crippen molar-refractivity contribution >= 4 is 43.6 Å². The molecule has 2 N–H and O–H groups in total. The largest absolute Gasteiger partial charge is 0.397 e. The van der Waals surface area contributed by atoms with Crippen LogP contribution in [-0.2, 0) is 0 Å². The summed E-state index contributed by atoms with van der Waals surface area (Å²) in [4.78, 5) is 1.98. The summed E-state index contributed by atoms with van der Waals surface area (Å²) >= 11 is 5.04. The van der Waals surface area contributed by atoms with Crippen LogP contribution < -0.4 is 10.6 Å². The molecule has 0 saturated heterocycles. The zero-order valence-corrected chi connectivity index (χ0v) is 11.5. The van der Waals surface area contributed by atoms with Crippen LogP contribution in [0.4, 0.5) is 16.4 Å². The van der Waals surface area contributed by atoms with Gasteiger partial charge in [0.1, 0.15) is 0 Å². The number of hydrogen-bond donors (Lipinski definition) is 1. The maximum atomic E-state index is 8.90. The summed E-state index contributed by atoms with van der Waals surface area (Å²) in [5.41, 5.74) is 8.05. The first-order valence-electron chi connectivity index (χ1n) is 4.90. The number of nitrogen functional groups attached to an aromatic ring is 1. The Bertz CT molecular complexity index is 586. The summed E-state index contributed by atoms with van der Waals surface area (Å²) in [6.45, 7) is 0. The minimum atomic E-state index is 0.608. The number of nitrogens with zero attached hydrogens (tertiary/aromatic N) is 2. The van der Waals surface area contributed by atoms with Crippen LogP contribution in [0.25, 0.3) is 0 Å². The van der Waals surface area contributed by atoms with Gasteiger partial charge < -0.3 is 10.6 Å². The lowest BCUT2D eigenvalue weighted by molar-refractivity contribution is 1.24. The summed E-state index contributed by atoms with van der Waals surface area (Å²) in [7, 11) is 1.94. The van der Waals surface area contributed by atoms with Gasteiger partial charge in [-0.25, -0.2) is 0 Å². The second-order valence-electron chi connectivity index (χ2n) is 3.52. The molecular formula is C12H10BrN3S. The SMILES string of the molecule is CN(c1ccc(Br)s1)c1cc(C#N)ccc1N. The lowest BCUT2D eigenvalue weighted by Gasteiger charge is -2.19. The number of thiophene rings is 1. The van der Waals surface area contributed by atoms with E-state index in [1.807, 2.05) is 24.1 Å². The van der Waals surface area contributed by atoms with Crippen molar-refractivity contribution in [1.29, 1.82) is 5.26 Å². The average molecular weight is 308 g/mol. The molecule has 0 spiro atoms. The van der Waals surface area contributed by atoms with Gasteiger partial charge in [-0.15, -0.1) is 11.3 Å². The molecule has 2 aromatic rings. The highest BCUT2D eigenvalue weighted by atomic mass is 79.9. The minimum Gasteiger partial charge on any atom is -0.397 e. The van der Waals surface area contributed by atoms with Gasteiger partial charge in [-0.2, -0.15) is 5.26 Å². The van der Waals surface area contributed by atoms with Crippen LogP contribution in [-0.4, -0.2) is 7.05 Å². The maximum Gasteiger partial charge on any atom is 0.0992 e. The Morgan fingerprint density at radius 1 is 1.35 bits per heavy atom. The summed E-state index contributed by atoms with van der Waals surface area (Å²) < 4.78 is 1.06. The van der Waals surface area contributed by atoms with Crippen molar-refractivity contribution in [3.63, 3.8) is 0 Å². The second-order valence-corrected chi connectivity index (χ2v) is 5.96. The highest BCUT2D eigenvalue weighted by Crippen LogP contribution is 2.36. The van der Waals surface area contributed by atoms with Crippen LogP contribution in [0.5, 0.6) is 0 Å². The van der Waals surface area contributed by atoms with Gasteiger partial charge in [-0.05, 0) is 46.3 Å². The molecule has 0 saturated carbocycles. The van der Waals surface area contributed by atoms with Crippen molar-refractivity contribution in [2.24, 2.45) is 0 Å². The van der Waals surface area contributed by atoms with E-state index in [0.717, 1.165) is 14.5 Å². The summed E-state index contributed by atoms with van der Waals surface area (Å²) in [5.74, 6) is 0. The Balaban J connectivity index is 2.43. The van der Waals surface area contributed by atoms with Crippen molar-refractivity contribution in [2.45, 2.75) is 0 Å². The molecule has 0 unspecified atom stereocenters. The molecule has 5 heteroatoms. The van der Waals surface area contributed by atoms with E-state index in [0.29, 0.717) is 11.3 Å². The van der Waals surface area contributed by atoms with Gasteiger partial charge in [0.05, 0.1) is 31.8 Å². The van der Waals surface area contributed by atoms with E-state index in [-0.39, 0.29) is 0 Å². The standard InChI is InChI=1S/C12H10BrN3S/c1-16(12-5-4-11(13)17-12)10-6-8(7-14)2-3-9(10)15/h2-6H,15H2,1H3. The van der Waals surface area contributed by atoms with Crippen molar-refractivity contribution in [3.05, 3.63) is 39.7 Å². The topological polar surface area (TPSA) is 53.0 Å². The van der Waals surface area contributed by atoms with E-state index >= 15 is 0 Å². The smallest absolute Gasteiger partial charge is 0.0992 e. The molecule has 1 heterocycles. The lowest BCUT2D eigenvalue weighted by Crippen LogP contribution is -2.10. The predicted molar refractivity (Wildman–Crippen MR) is 75.7 cm³/mol. The molecule has 0 atom stereocenters. The summed E-state index contributed by atoms with van der Waals surface area (Å²) in [5, 5.41) is 9.96. The fourth-order valence-electron chi connectivity index (χ4n) is 1.51. The monoisotopic (exact) mass is 307 g/mol. The number of nitrogens with two attached hydrogens (primary N) is 1. The molecule has 0 radical (unpaired) electrons. The molecule has 2 rings (SSSR count). The number of halogens is 1. The van der Waals surface area contributed by atoms with E-state index in [9.17, 15) is 0 Å². The van der Waals surface area contributed by atoms with Crippen LogP contribution in [0.1, 0.15) is 5.56 Å². The molecule has 1 aromatic heterocycles. The molecule has 0 bridgehead atoms. The minimum absolute atomic E-state index is 0.608. The second kappa shape index (κ2) is 4.78. The van der Waals surface area contributed by atoms with Crippen LogP contribution in [0.3, 0.4) is 0 Å². The highest BCUT2D eigenvalue weighted by molar-refractivity contribution is 9.11. The van der Waals surface area contributed by atoms with Gasteiger partial charge >= 0.3 is 0 Å². The first kappa shape index (κ1) is 12.0. The lowest BCUT2D eigenvalue weighted by atomic mass is 10.2. The Labute approximate surface area is 112 Å². The quantitative estimate of drug-likeness (QED) is 0.860. The molecular weight excluding hydrogens is 298 g/mol. The van der Waals surface area contributed by atoms with Crippen molar-refractivity contribution < 1.29 is 0 Å². The number of benzene rings is 1. The van der Waals surface area contributed by atoms with Gasteiger partial charge in [0.25, 0.3) is 0 Å². The van der Waals surface area contributed by atoms with Crippen molar-refractivity contribution in [2.75, 3.05) is 17.7 Å². The van der Waals surface area contributed by atoms with E-state index < -0.39 is 0 Å². The Hall–Kier alpha value is -1.51. The first-order chi connectivity index (χ1) is 8.11. The average Bonchev–Trinajstić information content (AvgIpc) is 2.76. The Kier molecular flexibility index (Phi) is 3.36. The molecule has 0 aliphatic carbocycles. The number of anilines is 3. The van der Waals surface area contributed by atoms with Gasteiger partial charge in [-0.3, -0.25) is 0 Å². The number of rotatable bonds is 2. The van der Waals surface area contributed by atoms with Gasteiger partial charge in [-0.1, -0.05) is 0 Å². The Morgan fingerprint density at radius 2 is 2.12 bits per heavy atom. The molecule has 0 aliphatic rings. The molecule has 0 aliphatic heterocycles. The molecule has 1 aromatic carbocycles. The third-order valence-electron chi connectivity index (χ3n) is 2.41. The molecule has 86 valence electrons. The highest BCUT2D eigenvalue weighted by Gasteiger charge is 2.10. The number of hydrogen-bond acceptors (Lipinski definition) is 4. The van der Waals surface area contributed by atoms with Crippen molar-refractivity contribution in [3.8, 4) is 6.07 Å². The van der Waals surface area contributed by atoms with Gasteiger partial charge in [0, 0.05) is 7.05 Å².